The predicted molar refractivity (Wildman–Crippen MR) is 66.3 cm³/mol. The number of esters is 1. The van der Waals surface area contributed by atoms with E-state index in [-0.39, 0.29) is 16.3 Å². The molecule has 0 saturated heterocycles. The van der Waals surface area contributed by atoms with E-state index in [4.69, 9.17) is 10.2 Å². The Morgan fingerprint density at radius 2 is 2.00 bits per heavy atom. The van der Waals surface area contributed by atoms with Crippen LogP contribution in [0, 0.1) is 5.82 Å². The maximum atomic E-state index is 13.3. The number of furan rings is 1. The molecule has 1 aromatic carbocycles. The maximum absolute atomic E-state index is 13.3. The highest BCUT2D eigenvalue weighted by molar-refractivity contribution is 7.91. The summed E-state index contributed by atoms with van der Waals surface area (Å²) in [5.74, 6) is -1.93. The predicted octanol–water partition coefficient (Wildman–Crippen LogP) is 1.62. The monoisotopic (exact) mass is 299 g/mol. The van der Waals surface area contributed by atoms with Crippen LogP contribution >= 0.6 is 0 Å². The van der Waals surface area contributed by atoms with E-state index in [1.54, 1.807) is 0 Å². The summed E-state index contributed by atoms with van der Waals surface area (Å²) >= 11 is 0. The molecule has 20 heavy (non-hydrogen) atoms. The first-order valence-corrected chi connectivity index (χ1v) is 6.83. The molecule has 2 aromatic rings. The molecule has 0 atom stereocenters. The molecule has 0 aliphatic rings. The van der Waals surface area contributed by atoms with E-state index in [0.717, 1.165) is 37.4 Å². The number of carbonyl (C=O) groups is 1. The molecule has 1 heterocycles. The number of benzene rings is 1. The molecule has 0 aliphatic carbocycles. The van der Waals surface area contributed by atoms with Crippen molar-refractivity contribution >= 4 is 21.5 Å². The summed E-state index contributed by atoms with van der Waals surface area (Å²) in [5, 5.41) is -0.484. The van der Waals surface area contributed by atoms with Crippen molar-refractivity contribution in [1.82, 2.24) is 0 Å². The number of hydrogen-bond donors (Lipinski definition) is 1. The second-order valence-electron chi connectivity index (χ2n) is 3.80. The van der Waals surface area contributed by atoms with Gasteiger partial charge in [-0.1, -0.05) is 0 Å². The van der Waals surface area contributed by atoms with Crippen LogP contribution in [0.5, 0.6) is 0 Å². The van der Waals surface area contributed by atoms with Gasteiger partial charge in [0.05, 0.1) is 17.7 Å². The largest absolute Gasteiger partial charge is 0.463 e. The number of rotatable bonds is 3. The minimum absolute atomic E-state index is 0.168. The molecule has 2 rings (SSSR count). The first-order valence-electron chi connectivity index (χ1n) is 5.34. The Bertz CT molecular complexity index is 766. The first-order chi connectivity index (χ1) is 9.36. The zero-order chi connectivity index (χ0) is 14.9. The van der Waals surface area contributed by atoms with Crippen molar-refractivity contribution in [1.29, 1.82) is 0 Å². The fourth-order valence-corrected chi connectivity index (χ4v) is 2.65. The molecule has 2 N–H and O–H groups in total. The van der Waals surface area contributed by atoms with E-state index in [9.17, 15) is 17.6 Å². The molecule has 1 aromatic heterocycles. The Balaban J connectivity index is 2.47. The lowest BCUT2D eigenvalue weighted by atomic mass is 10.3. The summed E-state index contributed by atoms with van der Waals surface area (Å²) < 4.78 is 47.0. The molecule has 106 valence electrons. The molecule has 6 nitrogen and oxygen atoms in total. The number of halogens is 1. The van der Waals surface area contributed by atoms with E-state index in [1.165, 1.54) is 0 Å². The van der Waals surface area contributed by atoms with Crippen molar-refractivity contribution in [3.05, 3.63) is 41.9 Å². The molecule has 0 bridgehead atoms. The van der Waals surface area contributed by atoms with E-state index in [2.05, 4.69) is 4.74 Å². The van der Waals surface area contributed by atoms with Gasteiger partial charge in [-0.05, 0) is 30.3 Å². The van der Waals surface area contributed by atoms with Crippen LogP contribution < -0.4 is 5.73 Å². The third kappa shape index (κ3) is 2.37. The van der Waals surface area contributed by atoms with Crippen LogP contribution in [0.25, 0.3) is 0 Å². The highest BCUT2D eigenvalue weighted by Gasteiger charge is 2.24. The molecule has 0 saturated carbocycles. The van der Waals surface area contributed by atoms with Gasteiger partial charge >= 0.3 is 5.97 Å². The van der Waals surface area contributed by atoms with Crippen molar-refractivity contribution in [3.63, 3.8) is 0 Å². The number of methoxy groups -OCH3 is 1. The number of carbonyl (C=O) groups excluding carboxylic acids is 1. The Morgan fingerprint density at radius 3 is 2.60 bits per heavy atom. The Morgan fingerprint density at radius 1 is 1.30 bits per heavy atom. The van der Waals surface area contributed by atoms with Gasteiger partial charge in [0.25, 0.3) is 0 Å². The van der Waals surface area contributed by atoms with Gasteiger partial charge in [-0.3, -0.25) is 0 Å². The third-order valence-electron chi connectivity index (χ3n) is 2.51. The van der Waals surface area contributed by atoms with Gasteiger partial charge < -0.3 is 14.9 Å². The maximum Gasteiger partial charge on any atom is 0.374 e. The van der Waals surface area contributed by atoms with Crippen LogP contribution in [0.3, 0.4) is 0 Å². The molecule has 0 radical (unpaired) electrons. The average Bonchev–Trinajstić information content (AvgIpc) is 2.91. The zero-order valence-corrected chi connectivity index (χ0v) is 11.1. The quantitative estimate of drug-likeness (QED) is 0.683. The second kappa shape index (κ2) is 4.97. The molecule has 0 unspecified atom stereocenters. The van der Waals surface area contributed by atoms with Crippen molar-refractivity contribution in [3.8, 4) is 0 Å². The SMILES string of the molecule is COC(=O)c1ccc(S(=O)(=O)c2ccc(N)c(F)c2)o1. The lowest BCUT2D eigenvalue weighted by molar-refractivity contribution is 0.0559. The van der Waals surface area contributed by atoms with Crippen molar-refractivity contribution in [2.75, 3.05) is 12.8 Å². The first kappa shape index (κ1) is 14.1. The minimum atomic E-state index is -4.07. The van der Waals surface area contributed by atoms with Crippen molar-refractivity contribution in [2.24, 2.45) is 0 Å². The topological polar surface area (TPSA) is 99.6 Å². The number of ether oxygens (including phenoxy) is 1. The average molecular weight is 299 g/mol. The molecule has 0 aliphatic heterocycles. The number of nitrogens with two attached hydrogens (primary N) is 1. The van der Waals surface area contributed by atoms with Gasteiger partial charge in [0, 0.05) is 0 Å². The standard InChI is InChI=1S/C12H10FNO5S/c1-18-12(15)10-4-5-11(19-10)20(16,17)7-2-3-9(14)8(13)6-7/h2-6H,14H2,1H3. The fraction of sp³-hybridized carbons (Fsp3) is 0.0833. The van der Waals surface area contributed by atoms with Crippen LogP contribution in [0.2, 0.25) is 0 Å². The zero-order valence-electron chi connectivity index (χ0n) is 10.3. The van der Waals surface area contributed by atoms with E-state index in [1.807, 2.05) is 0 Å². The lowest BCUT2D eigenvalue weighted by Gasteiger charge is -2.03. The summed E-state index contributed by atoms with van der Waals surface area (Å²) in [5.41, 5.74) is 5.11. The van der Waals surface area contributed by atoms with E-state index >= 15 is 0 Å². The number of hydrogen-bond acceptors (Lipinski definition) is 6. The van der Waals surface area contributed by atoms with Gasteiger partial charge in [-0.25, -0.2) is 17.6 Å². The molecular formula is C12H10FNO5S. The normalized spacial score (nSPS) is 11.3. The van der Waals surface area contributed by atoms with Crippen LogP contribution in [0.1, 0.15) is 10.6 Å². The second-order valence-corrected chi connectivity index (χ2v) is 5.68. The van der Waals surface area contributed by atoms with Crippen LogP contribution in [-0.2, 0) is 14.6 Å². The number of sulfone groups is 1. The van der Waals surface area contributed by atoms with Crippen molar-refractivity contribution < 1.29 is 26.8 Å². The number of nitrogen functional groups attached to an aromatic ring is 1. The third-order valence-corrected chi connectivity index (χ3v) is 4.14. The summed E-state index contributed by atoms with van der Waals surface area (Å²) in [6, 6.07) is 5.31. The smallest absolute Gasteiger partial charge is 0.374 e. The molecule has 0 amide bonds. The highest BCUT2D eigenvalue weighted by Crippen LogP contribution is 2.25. The Hall–Kier alpha value is -2.35. The van der Waals surface area contributed by atoms with Gasteiger partial charge in [0.2, 0.25) is 20.7 Å². The lowest BCUT2D eigenvalue weighted by Crippen LogP contribution is -2.03. The van der Waals surface area contributed by atoms with Gasteiger partial charge in [-0.2, -0.15) is 0 Å². The van der Waals surface area contributed by atoms with Crippen molar-refractivity contribution in [2.45, 2.75) is 9.99 Å². The summed E-state index contributed by atoms with van der Waals surface area (Å²) in [6.45, 7) is 0. The Labute approximate surface area is 113 Å². The number of anilines is 1. The Kier molecular flexibility index (Phi) is 3.49. The van der Waals surface area contributed by atoms with Crippen LogP contribution in [0.15, 0.2) is 44.7 Å². The molecule has 0 fully saturated rings. The minimum Gasteiger partial charge on any atom is -0.463 e. The summed E-state index contributed by atoms with van der Waals surface area (Å²) in [7, 11) is -2.94. The van der Waals surface area contributed by atoms with E-state index in [0.29, 0.717) is 0 Å². The van der Waals surface area contributed by atoms with E-state index < -0.39 is 26.7 Å². The van der Waals surface area contributed by atoms with Gasteiger partial charge in [0.1, 0.15) is 5.82 Å². The highest BCUT2D eigenvalue weighted by atomic mass is 32.2. The van der Waals surface area contributed by atoms with Gasteiger partial charge in [0.15, 0.2) is 0 Å². The van der Waals surface area contributed by atoms with Gasteiger partial charge in [-0.15, -0.1) is 0 Å². The molecule has 0 spiro atoms. The molecular weight excluding hydrogens is 289 g/mol. The van der Waals surface area contributed by atoms with Crippen LogP contribution in [-0.4, -0.2) is 21.5 Å². The summed E-state index contributed by atoms with van der Waals surface area (Å²) in [4.78, 5) is 10.9. The van der Waals surface area contributed by atoms with Crippen LogP contribution in [0.4, 0.5) is 10.1 Å². The molecule has 8 heteroatoms. The summed E-state index contributed by atoms with van der Waals surface area (Å²) in [6.07, 6.45) is 0. The fourth-order valence-electron chi connectivity index (χ4n) is 1.47.